The largest absolute Gasteiger partial charge is 0.388 e. The van der Waals surface area contributed by atoms with Crippen LogP contribution in [-0.2, 0) is 4.79 Å². The van der Waals surface area contributed by atoms with Crippen molar-refractivity contribution in [3.63, 3.8) is 0 Å². The molecule has 0 spiro atoms. The van der Waals surface area contributed by atoms with Gasteiger partial charge in [0, 0.05) is 6.54 Å². The summed E-state index contributed by atoms with van der Waals surface area (Å²) in [6.45, 7) is 4.03. The summed E-state index contributed by atoms with van der Waals surface area (Å²) in [5.41, 5.74) is -0.769. The first kappa shape index (κ1) is 12.8. The molecule has 2 N–H and O–H groups in total. The zero-order valence-electron chi connectivity index (χ0n) is 9.58. The Kier molecular flexibility index (Phi) is 4.93. The molecule has 0 bridgehead atoms. The van der Waals surface area contributed by atoms with E-state index in [0.717, 1.165) is 18.6 Å². The highest BCUT2D eigenvalue weighted by Crippen LogP contribution is 2.25. The Morgan fingerprint density at radius 3 is 2.87 bits per heavy atom. The van der Waals surface area contributed by atoms with Gasteiger partial charge in [0.1, 0.15) is 0 Å². The molecule has 1 aliphatic rings. The van der Waals surface area contributed by atoms with E-state index >= 15 is 0 Å². The van der Waals surface area contributed by atoms with Gasteiger partial charge in [-0.25, -0.2) is 0 Å². The number of hydrogen-bond donors (Lipinski definition) is 2. The Morgan fingerprint density at radius 1 is 1.60 bits per heavy atom. The fraction of sp³-hybridized carbons (Fsp3) is 0.909. The van der Waals surface area contributed by atoms with E-state index in [1.165, 1.54) is 6.42 Å². The SMILES string of the molecule is CCC(C)(O)CNC(=O)C1CCCCS1. The Labute approximate surface area is 96.0 Å². The van der Waals surface area contributed by atoms with Crippen molar-refractivity contribution >= 4 is 17.7 Å². The van der Waals surface area contributed by atoms with Crippen molar-refractivity contribution in [1.82, 2.24) is 5.32 Å². The maximum absolute atomic E-state index is 11.7. The highest BCUT2D eigenvalue weighted by molar-refractivity contribution is 8.00. The number of rotatable bonds is 4. The van der Waals surface area contributed by atoms with Crippen molar-refractivity contribution in [1.29, 1.82) is 0 Å². The van der Waals surface area contributed by atoms with E-state index in [4.69, 9.17) is 0 Å². The van der Waals surface area contributed by atoms with Crippen LogP contribution in [0.4, 0.5) is 0 Å². The van der Waals surface area contributed by atoms with Crippen LogP contribution >= 0.6 is 11.8 Å². The summed E-state index contributed by atoms with van der Waals surface area (Å²) in [6.07, 6.45) is 4.01. The van der Waals surface area contributed by atoms with Gasteiger partial charge in [-0.2, -0.15) is 0 Å². The van der Waals surface area contributed by atoms with Crippen LogP contribution in [0.2, 0.25) is 0 Å². The molecule has 1 fully saturated rings. The first-order valence-electron chi connectivity index (χ1n) is 5.67. The maximum atomic E-state index is 11.7. The lowest BCUT2D eigenvalue weighted by Gasteiger charge is -2.25. The summed E-state index contributed by atoms with van der Waals surface area (Å²) in [4.78, 5) is 11.7. The third-order valence-corrected chi connectivity index (χ3v) is 4.25. The summed E-state index contributed by atoms with van der Waals surface area (Å²) in [6, 6.07) is 0. The normalized spacial score (nSPS) is 25.7. The number of carbonyl (C=O) groups is 1. The molecule has 3 nitrogen and oxygen atoms in total. The molecule has 15 heavy (non-hydrogen) atoms. The van der Waals surface area contributed by atoms with Gasteiger partial charge >= 0.3 is 0 Å². The van der Waals surface area contributed by atoms with E-state index in [0.29, 0.717) is 13.0 Å². The number of hydrogen-bond acceptors (Lipinski definition) is 3. The maximum Gasteiger partial charge on any atom is 0.233 e. The van der Waals surface area contributed by atoms with Crippen molar-refractivity contribution in [3.8, 4) is 0 Å². The van der Waals surface area contributed by atoms with E-state index in [1.54, 1.807) is 18.7 Å². The highest BCUT2D eigenvalue weighted by atomic mass is 32.2. The minimum atomic E-state index is -0.769. The monoisotopic (exact) mass is 231 g/mol. The van der Waals surface area contributed by atoms with Crippen LogP contribution in [0.1, 0.15) is 39.5 Å². The standard InChI is InChI=1S/C11H21NO2S/c1-3-11(2,14)8-12-10(13)9-6-4-5-7-15-9/h9,14H,3-8H2,1-2H3,(H,12,13). The number of amides is 1. The summed E-state index contributed by atoms with van der Waals surface area (Å²) < 4.78 is 0. The van der Waals surface area contributed by atoms with Gasteiger partial charge in [0.05, 0.1) is 10.9 Å². The molecule has 88 valence electrons. The Morgan fingerprint density at radius 2 is 2.33 bits per heavy atom. The van der Waals surface area contributed by atoms with Gasteiger partial charge in [0.15, 0.2) is 0 Å². The van der Waals surface area contributed by atoms with E-state index in [-0.39, 0.29) is 11.2 Å². The minimum absolute atomic E-state index is 0.0911. The number of thioether (sulfide) groups is 1. The lowest BCUT2D eigenvalue weighted by atomic mass is 10.0. The second-order valence-corrected chi connectivity index (χ2v) is 5.73. The van der Waals surface area contributed by atoms with E-state index in [2.05, 4.69) is 5.32 Å². The van der Waals surface area contributed by atoms with Gasteiger partial charge in [0.25, 0.3) is 0 Å². The van der Waals surface area contributed by atoms with Crippen LogP contribution in [-0.4, -0.2) is 34.2 Å². The van der Waals surface area contributed by atoms with Gasteiger partial charge in [0.2, 0.25) is 5.91 Å². The Hall–Kier alpha value is -0.220. The highest BCUT2D eigenvalue weighted by Gasteiger charge is 2.24. The van der Waals surface area contributed by atoms with Crippen molar-refractivity contribution in [2.45, 2.75) is 50.4 Å². The molecule has 1 heterocycles. The lowest BCUT2D eigenvalue weighted by Crippen LogP contribution is -2.43. The van der Waals surface area contributed by atoms with E-state index in [1.807, 2.05) is 6.92 Å². The van der Waals surface area contributed by atoms with Gasteiger partial charge in [-0.05, 0) is 31.9 Å². The molecule has 0 radical (unpaired) electrons. The van der Waals surface area contributed by atoms with Crippen molar-refractivity contribution in [3.05, 3.63) is 0 Å². The fourth-order valence-electron chi connectivity index (χ4n) is 1.46. The third-order valence-electron chi connectivity index (χ3n) is 2.88. The number of nitrogens with one attached hydrogen (secondary N) is 1. The van der Waals surface area contributed by atoms with Gasteiger partial charge in [-0.3, -0.25) is 4.79 Å². The molecule has 0 aromatic carbocycles. The van der Waals surface area contributed by atoms with Crippen molar-refractivity contribution in [2.24, 2.45) is 0 Å². The molecule has 1 aliphatic heterocycles. The predicted molar refractivity (Wildman–Crippen MR) is 64.0 cm³/mol. The zero-order valence-corrected chi connectivity index (χ0v) is 10.4. The zero-order chi connectivity index (χ0) is 11.3. The van der Waals surface area contributed by atoms with Gasteiger partial charge in [-0.15, -0.1) is 11.8 Å². The van der Waals surface area contributed by atoms with Crippen LogP contribution in [0, 0.1) is 0 Å². The van der Waals surface area contributed by atoms with Crippen LogP contribution in [0.15, 0.2) is 0 Å². The Balaban J connectivity index is 2.28. The first-order valence-corrected chi connectivity index (χ1v) is 6.72. The van der Waals surface area contributed by atoms with E-state index < -0.39 is 5.60 Å². The quantitative estimate of drug-likeness (QED) is 0.772. The van der Waals surface area contributed by atoms with Crippen LogP contribution in [0.25, 0.3) is 0 Å². The Bertz CT molecular complexity index is 213. The average Bonchev–Trinajstić information content (AvgIpc) is 2.27. The molecule has 4 heteroatoms. The van der Waals surface area contributed by atoms with Crippen molar-refractivity contribution < 1.29 is 9.90 Å². The fourth-order valence-corrected chi connectivity index (χ4v) is 2.69. The minimum Gasteiger partial charge on any atom is -0.388 e. The van der Waals surface area contributed by atoms with E-state index in [9.17, 15) is 9.90 Å². The molecular weight excluding hydrogens is 210 g/mol. The summed E-state index contributed by atoms with van der Waals surface area (Å²) >= 11 is 1.74. The molecule has 1 saturated heterocycles. The average molecular weight is 231 g/mol. The van der Waals surface area contributed by atoms with Crippen molar-refractivity contribution in [2.75, 3.05) is 12.3 Å². The molecule has 1 rings (SSSR count). The molecule has 0 aromatic heterocycles. The molecular formula is C11H21NO2S. The summed E-state index contributed by atoms with van der Waals surface area (Å²) in [5, 5.41) is 12.7. The number of aliphatic hydroxyl groups is 1. The van der Waals surface area contributed by atoms with Gasteiger partial charge in [-0.1, -0.05) is 13.3 Å². The lowest BCUT2D eigenvalue weighted by molar-refractivity contribution is -0.121. The number of carbonyl (C=O) groups excluding carboxylic acids is 1. The van der Waals surface area contributed by atoms with Gasteiger partial charge < -0.3 is 10.4 Å². The third kappa shape index (κ3) is 4.43. The molecule has 0 saturated carbocycles. The second kappa shape index (κ2) is 5.75. The molecule has 1 amide bonds. The topological polar surface area (TPSA) is 49.3 Å². The first-order chi connectivity index (χ1) is 7.05. The molecule has 0 aromatic rings. The van der Waals surface area contributed by atoms with Crippen LogP contribution in [0.5, 0.6) is 0 Å². The molecule has 2 unspecified atom stereocenters. The summed E-state index contributed by atoms with van der Waals surface area (Å²) in [5.74, 6) is 1.18. The second-order valence-electron chi connectivity index (χ2n) is 4.42. The predicted octanol–water partition coefficient (Wildman–Crippen LogP) is 1.55. The molecule has 2 atom stereocenters. The molecule has 0 aliphatic carbocycles. The van der Waals surface area contributed by atoms with Crippen LogP contribution < -0.4 is 5.32 Å². The summed E-state index contributed by atoms with van der Waals surface area (Å²) in [7, 11) is 0. The van der Waals surface area contributed by atoms with Crippen LogP contribution in [0.3, 0.4) is 0 Å². The smallest absolute Gasteiger partial charge is 0.233 e.